The largest absolute Gasteiger partial charge is 0.462 e. The van der Waals surface area contributed by atoms with Crippen LogP contribution >= 0.6 is 0 Å². The summed E-state index contributed by atoms with van der Waals surface area (Å²) < 4.78 is 17.4. The molecule has 0 aliphatic heterocycles. The van der Waals surface area contributed by atoms with Gasteiger partial charge in [0, 0.05) is 19.4 Å². The molecule has 0 amide bonds. The zero-order valence-corrected chi connectivity index (χ0v) is 45.1. The van der Waals surface area contributed by atoms with E-state index in [0.717, 1.165) is 89.9 Å². The third-order valence-electron chi connectivity index (χ3n) is 12.4. The first-order valence-corrected chi connectivity index (χ1v) is 29.1. The predicted molar refractivity (Wildman–Crippen MR) is 297 cm³/mol. The molecule has 1 atom stereocenters. The maximum atomic E-state index is 12.9. The van der Waals surface area contributed by atoms with Crippen molar-refractivity contribution in [1.29, 1.82) is 0 Å². The standard InChI is InChI=1S/C63H110O5/c1-4-7-10-13-16-19-22-25-28-31-34-37-40-43-46-49-52-55-58-66-59-61(68-63(65)57-54-51-48-45-42-39-36-33-30-27-24-21-18-15-12-9-6-3)60-67-62(64)56-53-50-47-44-41-38-35-32-29-26-23-20-17-14-11-8-5-2/h7,10,16-17,19-20,25-26,28-29,34,37,43,46,61H,4-6,8-9,11-15,18,21-24,27,30-33,35-36,38-42,44-45,47-60H2,1-3H3/b10-7-,19-16-,20-17-,28-25-,29-26-,37-34-,46-43-. The summed E-state index contributed by atoms with van der Waals surface area (Å²) in [5.74, 6) is -0.422. The zero-order chi connectivity index (χ0) is 49.2. The molecule has 0 aromatic heterocycles. The Bertz CT molecular complexity index is 1250. The normalized spacial score (nSPS) is 12.8. The monoisotopic (exact) mass is 947 g/mol. The van der Waals surface area contributed by atoms with Crippen LogP contribution in [0.15, 0.2) is 85.1 Å². The van der Waals surface area contributed by atoms with E-state index in [1.165, 1.54) is 154 Å². The number of ether oxygens (including phenoxy) is 3. The van der Waals surface area contributed by atoms with Crippen LogP contribution in [0, 0.1) is 0 Å². The number of hydrogen-bond acceptors (Lipinski definition) is 5. The second kappa shape index (κ2) is 58.4. The van der Waals surface area contributed by atoms with Crippen molar-refractivity contribution in [3.8, 4) is 0 Å². The third-order valence-corrected chi connectivity index (χ3v) is 12.4. The molecule has 0 aliphatic rings. The van der Waals surface area contributed by atoms with Gasteiger partial charge in [0.25, 0.3) is 0 Å². The average Bonchev–Trinajstić information content (AvgIpc) is 3.34. The minimum Gasteiger partial charge on any atom is -0.462 e. The molecule has 0 fully saturated rings. The molecule has 5 nitrogen and oxygen atoms in total. The van der Waals surface area contributed by atoms with Gasteiger partial charge >= 0.3 is 11.9 Å². The van der Waals surface area contributed by atoms with Crippen molar-refractivity contribution in [2.75, 3.05) is 19.8 Å². The van der Waals surface area contributed by atoms with Gasteiger partial charge in [0.15, 0.2) is 6.10 Å². The SMILES string of the molecule is CC/C=C\C/C=C\C/C=C\C/C=C\C/C=C\CCCCOCC(COC(=O)CCCCCCCCC/C=C\C/C=C\CCCCC)OC(=O)CCCCCCCCCCCCCCCCCCC. The lowest BCUT2D eigenvalue weighted by Gasteiger charge is -2.18. The molecule has 0 spiro atoms. The number of esters is 2. The van der Waals surface area contributed by atoms with Gasteiger partial charge in [-0.3, -0.25) is 9.59 Å². The summed E-state index contributed by atoms with van der Waals surface area (Å²) in [7, 11) is 0. The fourth-order valence-electron chi connectivity index (χ4n) is 8.10. The van der Waals surface area contributed by atoms with Gasteiger partial charge in [-0.25, -0.2) is 0 Å². The van der Waals surface area contributed by atoms with Crippen LogP contribution in [0.5, 0.6) is 0 Å². The lowest BCUT2D eigenvalue weighted by Crippen LogP contribution is -2.30. The minimum atomic E-state index is -0.565. The Morgan fingerprint density at radius 3 is 1.09 bits per heavy atom. The molecule has 1 unspecified atom stereocenters. The molecule has 5 heteroatoms. The van der Waals surface area contributed by atoms with Crippen molar-refractivity contribution >= 4 is 11.9 Å². The second-order valence-electron chi connectivity index (χ2n) is 19.2. The summed E-state index contributed by atoms with van der Waals surface area (Å²) in [6, 6.07) is 0. The number of rotatable bonds is 53. The number of carbonyl (C=O) groups is 2. The number of unbranched alkanes of at least 4 members (excludes halogenated alkanes) is 28. The molecule has 0 radical (unpaired) electrons. The topological polar surface area (TPSA) is 61.8 Å². The van der Waals surface area contributed by atoms with Gasteiger partial charge in [0.2, 0.25) is 0 Å². The van der Waals surface area contributed by atoms with Crippen molar-refractivity contribution in [2.24, 2.45) is 0 Å². The van der Waals surface area contributed by atoms with Crippen molar-refractivity contribution in [3.05, 3.63) is 85.1 Å². The molecule has 0 aromatic rings. The van der Waals surface area contributed by atoms with E-state index < -0.39 is 6.10 Å². The molecule has 0 N–H and O–H groups in total. The summed E-state index contributed by atoms with van der Waals surface area (Å²) in [6.45, 7) is 7.61. The third kappa shape index (κ3) is 55.7. The summed E-state index contributed by atoms with van der Waals surface area (Å²) in [6.07, 6.45) is 77.5. The van der Waals surface area contributed by atoms with E-state index in [9.17, 15) is 9.59 Å². The van der Waals surface area contributed by atoms with Crippen LogP contribution in [-0.2, 0) is 23.8 Å². The molecule has 68 heavy (non-hydrogen) atoms. The fourth-order valence-corrected chi connectivity index (χ4v) is 8.10. The molecule has 0 saturated heterocycles. The molecule has 0 bridgehead atoms. The smallest absolute Gasteiger partial charge is 0.306 e. The van der Waals surface area contributed by atoms with E-state index >= 15 is 0 Å². The minimum absolute atomic E-state index is 0.0628. The van der Waals surface area contributed by atoms with Gasteiger partial charge < -0.3 is 14.2 Å². The summed E-state index contributed by atoms with van der Waals surface area (Å²) in [4.78, 5) is 25.5. The van der Waals surface area contributed by atoms with Gasteiger partial charge in [0.05, 0.1) is 6.61 Å². The highest BCUT2D eigenvalue weighted by Crippen LogP contribution is 2.16. The lowest BCUT2D eigenvalue weighted by molar-refractivity contribution is -0.163. The first kappa shape index (κ1) is 65.1. The first-order valence-electron chi connectivity index (χ1n) is 29.1. The van der Waals surface area contributed by atoms with Crippen LogP contribution in [0.4, 0.5) is 0 Å². The van der Waals surface area contributed by atoms with Gasteiger partial charge in [-0.1, -0.05) is 254 Å². The maximum absolute atomic E-state index is 12.9. The van der Waals surface area contributed by atoms with Crippen molar-refractivity contribution in [2.45, 2.75) is 284 Å². The lowest BCUT2D eigenvalue weighted by atomic mass is 10.0. The van der Waals surface area contributed by atoms with Gasteiger partial charge in [-0.05, 0) is 96.3 Å². The van der Waals surface area contributed by atoms with Crippen LogP contribution in [0.25, 0.3) is 0 Å². The van der Waals surface area contributed by atoms with E-state index in [1.54, 1.807) is 0 Å². The highest BCUT2D eigenvalue weighted by atomic mass is 16.6. The Morgan fingerprint density at radius 2 is 0.662 bits per heavy atom. The van der Waals surface area contributed by atoms with Crippen LogP contribution in [0.3, 0.4) is 0 Å². The fraction of sp³-hybridized carbons (Fsp3) is 0.746. The molecule has 0 rings (SSSR count). The number of hydrogen-bond donors (Lipinski definition) is 0. The van der Waals surface area contributed by atoms with E-state index in [0.29, 0.717) is 19.4 Å². The van der Waals surface area contributed by atoms with Gasteiger partial charge in [-0.15, -0.1) is 0 Å². The maximum Gasteiger partial charge on any atom is 0.306 e. The first-order chi connectivity index (χ1) is 33.6. The average molecular weight is 948 g/mol. The predicted octanol–water partition coefficient (Wildman–Crippen LogP) is 20.0. The molecule has 0 aromatic carbocycles. The Kier molecular flexibility index (Phi) is 55.9. The summed E-state index contributed by atoms with van der Waals surface area (Å²) >= 11 is 0. The highest BCUT2D eigenvalue weighted by Gasteiger charge is 2.17. The van der Waals surface area contributed by atoms with Crippen LogP contribution < -0.4 is 0 Å². The van der Waals surface area contributed by atoms with Crippen molar-refractivity contribution in [1.82, 2.24) is 0 Å². The van der Waals surface area contributed by atoms with Crippen LogP contribution in [-0.4, -0.2) is 37.9 Å². The Balaban J connectivity index is 4.36. The number of carbonyl (C=O) groups excluding carboxylic acids is 2. The van der Waals surface area contributed by atoms with Gasteiger partial charge in [-0.2, -0.15) is 0 Å². The number of allylic oxidation sites excluding steroid dienone is 14. The molecule has 0 aliphatic carbocycles. The molecule has 0 saturated carbocycles. The van der Waals surface area contributed by atoms with E-state index in [1.807, 2.05) is 0 Å². The molecule has 392 valence electrons. The molecule has 0 heterocycles. The van der Waals surface area contributed by atoms with E-state index in [2.05, 4.69) is 106 Å². The van der Waals surface area contributed by atoms with Crippen LogP contribution in [0.1, 0.15) is 278 Å². The summed E-state index contributed by atoms with van der Waals surface area (Å²) in [5.41, 5.74) is 0. The molecular formula is C63H110O5. The van der Waals surface area contributed by atoms with Gasteiger partial charge in [0.1, 0.15) is 6.61 Å². The van der Waals surface area contributed by atoms with Crippen molar-refractivity contribution in [3.63, 3.8) is 0 Å². The second-order valence-corrected chi connectivity index (χ2v) is 19.2. The zero-order valence-electron chi connectivity index (χ0n) is 45.1. The van der Waals surface area contributed by atoms with E-state index in [-0.39, 0.29) is 25.2 Å². The Morgan fingerprint density at radius 1 is 0.338 bits per heavy atom. The Labute approximate surface area is 422 Å². The van der Waals surface area contributed by atoms with E-state index in [4.69, 9.17) is 14.2 Å². The summed E-state index contributed by atoms with van der Waals surface area (Å²) in [5, 5.41) is 0. The van der Waals surface area contributed by atoms with Crippen molar-refractivity contribution < 1.29 is 23.8 Å². The van der Waals surface area contributed by atoms with Crippen LogP contribution in [0.2, 0.25) is 0 Å². The Hall–Kier alpha value is -2.92. The highest BCUT2D eigenvalue weighted by molar-refractivity contribution is 5.70. The quantitative estimate of drug-likeness (QED) is 0.0345. The molecular weight excluding hydrogens is 837 g/mol.